The Kier molecular flexibility index (Phi) is 4.65. The van der Waals surface area contributed by atoms with Gasteiger partial charge in [-0.15, -0.1) is 0 Å². The molecule has 94 valence electrons. The first-order valence-corrected chi connectivity index (χ1v) is 7.48. The van der Waals surface area contributed by atoms with Crippen LogP contribution in [-0.4, -0.2) is 0 Å². The van der Waals surface area contributed by atoms with Crippen molar-refractivity contribution in [3.63, 3.8) is 0 Å². The third kappa shape index (κ3) is 3.12. The van der Waals surface area contributed by atoms with Crippen molar-refractivity contribution in [2.24, 2.45) is 0 Å². The number of fused-ring (bicyclic) bond motifs is 1. The molecule has 1 aliphatic carbocycles. The quantitative estimate of drug-likeness (QED) is 0.587. The first-order valence-electron chi connectivity index (χ1n) is 7.48. The second kappa shape index (κ2) is 6.23. The number of benzene rings is 1. The van der Waals surface area contributed by atoms with Crippen LogP contribution >= 0.6 is 0 Å². The predicted octanol–water partition coefficient (Wildman–Crippen LogP) is 4.86. The van der Waals surface area contributed by atoms with E-state index in [4.69, 9.17) is 0 Å². The summed E-state index contributed by atoms with van der Waals surface area (Å²) in [6.45, 7) is 4.58. The van der Waals surface area contributed by atoms with Gasteiger partial charge in [0, 0.05) is 0 Å². The fraction of sp³-hybridized carbons (Fsp3) is 0.647. The SMILES string of the molecule is CCCCCc1cc2c(cc1CCCC)CC2. The van der Waals surface area contributed by atoms with Crippen LogP contribution in [0, 0.1) is 0 Å². The third-order valence-corrected chi connectivity index (χ3v) is 4.03. The summed E-state index contributed by atoms with van der Waals surface area (Å²) in [6, 6.07) is 5.02. The topological polar surface area (TPSA) is 0 Å². The first-order chi connectivity index (χ1) is 8.35. The number of hydrogen-bond donors (Lipinski definition) is 0. The number of unbranched alkanes of at least 4 members (excludes halogenated alkanes) is 3. The second-order valence-corrected chi connectivity index (χ2v) is 5.45. The van der Waals surface area contributed by atoms with Gasteiger partial charge in [-0.05, 0) is 60.8 Å². The average Bonchev–Trinajstić information content (AvgIpc) is 2.31. The molecule has 2 rings (SSSR count). The van der Waals surface area contributed by atoms with E-state index >= 15 is 0 Å². The minimum absolute atomic E-state index is 1.30. The average molecular weight is 230 g/mol. The van der Waals surface area contributed by atoms with Gasteiger partial charge in [0.1, 0.15) is 0 Å². The molecule has 0 spiro atoms. The maximum atomic E-state index is 2.51. The van der Waals surface area contributed by atoms with E-state index in [1.54, 1.807) is 22.3 Å². The molecule has 0 N–H and O–H groups in total. The van der Waals surface area contributed by atoms with Crippen LogP contribution in [0.5, 0.6) is 0 Å². The molecule has 1 aliphatic rings. The Labute approximate surface area is 106 Å². The van der Waals surface area contributed by atoms with Crippen molar-refractivity contribution in [3.05, 3.63) is 34.4 Å². The Balaban J connectivity index is 2.07. The van der Waals surface area contributed by atoms with Crippen molar-refractivity contribution in [2.75, 3.05) is 0 Å². The van der Waals surface area contributed by atoms with Crippen molar-refractivity contribution in [1.82, 2.24) is 0 Å². The zero-order valence-electron chi connectivity index (χ0n) is 11.5. The summed E-state index contributed by atoms with van der Waals surface area (Å²) in [5.74, 6) is 0. The summed E-state index contributed by atoms with van der Waals surface area (Å²) >= 11 is 0. The lowest BCUT2D eigenvalue weighted by molar-refractivity contribution is 0.702. The van der Waals surface area contributed by atoms with Gasteiger partial charge in [0.2, 0.25) is 0 Å². The van der Waals surface area contributed by atoms with Crippen LogP contribution in [0.1, 0.15) is 68.2 Å². The highest BCUT2D eigenvalue weighted by Gasteiger charge is 2.15. The number of rotatable bonds is 7. The van der Waals surface area contributed by atoms with Crippen molar-refractivity contribution < 1.29 is 0 Å². The Morgan fingerprint density at radius 1 is 0.765 bits per heavy atom. The van der Waals surface area contributed by atoms with Crippen molar-refractivity contribution >= 4 is 0 Å². The van der Waals surface area contributed by atoms with Gasteiger partial charge < -0.3 is 0 Å². The molecule has 0 fully saturated rings. The monoisotopic (exact) mass is 230 g/mol. The molecule has 0 heteroatoms. The summed E-state index contributed by atoms with van der Waals surface area (Å²) in [5, 5.41) is 0. The molecule has 0 heterocycles. The first kappa shape index (κ1) is 12.7. The maximum Gasteiger partial charge on any atom is -0.0235 e. The molecule has 0 saturated heterocycles. The molecule has 1 aromatic carbocycles. The molecule has 0 atom stereocenters. The number of aryl methyl sites for hydroxylation is 4. The molecule has 0 aliphatic heterocycles. The summed E-state index contributed by atoms with van der Waals surface area (Å²) < 4.78 is 0. The van der Waals surface area contributed by atoms with E-state index < -0.39 is 0 Å². The van der Waals surface area contributed by atoms with Crippen LogP contribution in [0.3, 0.4) is 0 Å². The van der Waals surface area contributed by atoms with Crippen LogP contribution in [0.15, 0.2) is 12.1 Å². The van der Waals surface area contributed by atoms with Gasteiger partial charge in [0.05, 0.1) is 0 Å². The predicted molar refractivity (Wildman–Crippen MR) is 75.7 cm³/mol. The van der Waals surface area contributed by atoms with Gasteiger partial charge in [-0.1, -0.05) is 45.2 Å². The Bertz CT molecular complexity index is 363. The summed E-state index contributed by atoms with van der Waals surface area (Å²) in [4.78, 5) is 0. The molecule has 0 bridgehead atoms. The zero-order valence-corrected chi connectivity index (χ0v) is 11.5. The van der Waals surface area contributed by atoms with Crippen LogP contribution in [-0.2, 0) is 25.7 Å². The van der Waals surface area contributed by atoms with E-state index in [1.165, 1.54) is 57.8 Å². The molecular formula is C17H26. The molecule has 0 unspecified atom stereocenters. The maximum absolute atomic E-state index is 2.51. The van der Waals surface area contributed by atoms with E-state index in [9.17, 15) is 0 Å². The van der Waals surface area contributed by atoms with Gasteiger partial charge in [-0.2, -0.15) is 0 Å². The molecular weight excluding hydrogens is 204 g/mol. The minimum atomic E-state index is 1.30. The van der Waals surface area contributed by atoms with Crippen molar-refractivity contribution in [2.45, 2.75) is 71.6 Å². The Hall–Kier alpha value is -0.780. The van der Waals surface area contributed by atoms with Crippen LogP contribution in [0.25, 0.3) is 0 Å². The Morgan fingerprint density at radius 2 is 1.29 bits per heavy atom. The van der Waals surface area contributed by atoms with E-state index in [0.29, 0.717) is 0 Å². The molecule has 0 radical (unpaired) electrons. The van der Waals surface area contributed by atoms with E-state index in [-0.39, 0.29) is 0 Å². The van der Waals surface area contributed by atoms with E-state index in [2.05, 4.69) is 26.0 Å². The third-order valence-electron chi connectivity index (χ3n) is 4.03. The van der Waals surface area contributed by atoms with Gasteiger partial charge in [-0.25, -0.2) is 0 Å². The highest BCUT2D eigenvalue weighted by molar-refractivity contribution is 5.43. The molecule has 1 aromatic rings. The highest BCUT2D eigenvalue weighted by Crippen LogP contribution is 2.28. The van der Waals surface area contributed by atoms with Crippen molar-refractivity contribution in [3.8, 4) is 0 Å². The van der Waals surface area contributed by atoms with Gasteiger partial charge >= 0.3 is 0 Å². The lowest BCUT2D eigenvalue weighted by atomic mass is 9.83. The fourth-order valence-electron chi connectivity index (χ4n) is 2.75. The fourth-order valence-corrected chi connectivity index (χ4v) is 2.75. The normalized spacial score (nSPS) is 13.3. The summed E-state index contributed by atoms with van der Waals surface area (Å²) in [5.41, 5.74) is 6.58. The Morgan fingerprint density at radius 3 is 1.76 bits per heavy atom. The number of hydrogen-bond acceptors (Lipinski definition) is 0. The molecule has 0 nitrogen and oxygen atoms in total. The van der Waals surface area contributed by atoms with Gasteiger partial charge in [-0.3, -0.25) is 0 Å². The van der Waals surface area contributed by atoms with Crippen LogP contribution < -0.4 is 0 Å². The smallest absolute Gasteiger partial charge is 0.0235 e. The van der Waals surface area contributed by atoms with Crippen LogP contribution in [0.4, 0.5) is 0 Å². The molecule has 0 aromatic heterocycles. The standard InChI is InChI=1S/C17H26/c1-3-5-7-9-15-13-17-11-10-16(17)12-14(15)8-6-4-2/h12-13H,3-11H2,1-2H3. The summed E-state index contributed by atoms with van der Waals surface area (Å²) in [7, 11) is 0. The lowest BCUT2D eigenvalue weighted by Gasteiger charge is -2.22. The van der Waals surface area contributed by atoms with Gasteiger partial charge in [0.25, 0.3) is 0 Å². The van der Waals surface area contributed by atoms with Crippen molar-refractivity contribution in [1.29, 1.82) is 0 Å². The summed E-state index contributed by atoms with van der Waals surface area (Å²) in [6.07, 6.45) is 12.0. The molecule has 0 saturated carbocycles. The minimum Gasteiger partial charge on any atom is -0.0654 e. The van der Waals surface area contributed by atoms with Gasteiger partial charge in [0.15, 0.2) is 0 Å². The highest BCUT2D eigenvalue weighted by atomic mass is 14.2. The lowest BCUT2D eigenvalue weighted by Crippen LogP contribution is -2.11. The van der Waals surface area contributed by atoms with E-state index in [0.717, 1.165) is 0 Å². The van der Waals surface area contributed by atoms with Crippen LogP contribution in [0.2, 0.25) is 0 Å². The second-order valence-electron chi connectivity index (χ2n) is 5.45. The van der Waals surface area contributed by atoms with E-state index in [1.807, 2.05) is 0 Å². The zero-order chi connectivity index (χ0) is 12.1. The molecule has 0 amide bonds. The largest absolute Gasteiger partial charge is 0.0654 e. The molecule has 17 heavy (non-hydrogen) atoms.